The van der Waals surface area contributed by atoms with Gasteiger partial charge in [0.05, 0.1) is 23.1 Å². The van der Waals surface area contributed by atoms with Crippen LogP contribution in [0.3, 0.4) is 0 Å². The Morgan fingerprint density at radius 1 is 0.862 bits per heavy atom. The summed E-state index contributed by atoms with van der Waals surface area (Å²) in [4.78, 5) is 40.3. The average molecular weight is 385 g/mol. The van der Waals surface area contributed by atoms with E-state index in [-0.39, 0.29) is 35.5 Å². The van der Waals surface area contributed by atoms with E-state index in [0.717, 1.165) is 6.42 Å². The molecule has 144 valence electrons. The van der Waals surface area contributed by atoms with Gasteiger partial charge in [0.2, 0.25) is 11.8 Å². The van der Waals surface area contributed by atoms with Crippen molar-refractivity contribution in [3.63, 3.8) is 0 Å². The molecule has 1 aliphatic heterocycles. The highest BCUT2D eigenvalue weighted by Crippen LogP contribution is 2.65. The van der Waals surface area contributed by atoms with Gasteiger partial charge in [0.1, 0.15) is 5.75 Å². The monoisotopic (exact) mass is 385 g/mol. The van der Waals surface area contributed by atoms with Crippen molar-refractivity contribution >= 4 is 23.5 Å². The molecule has 1 heterocycles. The van der Waals surface area contributed by atoms with E-state index in [4.69, 9.17) is 4.74 Å². The SMILES string of the molecule is O=C(Oc1ccccc1)c1cccc(N2C(=O)[C@@H]3[C@H]4C=C[C@@H]([C@@H]5C[C@@H]45)[C@H]3C2=O)c1. The first kappa shape index (κ1) is 16.7. The van der Waals surface area contributed by atoms with Crippen LogP contribution in [0, 0.1) is 35.5 Å². The number of carbonyl (C=O) groups is 3. The minimum atomic E-state index is -0.516. The van der Waals surface area contributed by atoms with Crippen LogP contribution in [-0.2, 0) is 9.59 Å². The van der Waals surface area contributed by atoms with E-state index in [2.05, 4.69) is 12.2 Å². The van der Waals surface area contributed by atoms with Gasteiger partial charge >= 0.3 is 5.97 Å². The summed E-state index contributed by atoms with van der Waals surface area (Å²) in [6.07, 6.45) is 5.45. The molecule has 6 atom stereocenters. The number of carbonyl (C=O) groups excluding carboxylic acids is 3. The molecule has 0 spiro atoms. The quantitative estimate of drug-likeness (QED) is 0.351. The molecule has 5 heteroatoms. The second-order valence-corrected chi connectivity index (χ2v) is 8.42. The Hall–Kier alpha value is -3.21. The van der Waals surface area contributed by atoms with Crippen LogP contribution in [0.15, 0.2) is 66.7 Å². The van der Waals surface area contributed by atoms with Gasteiger partial charge in [-0.25, -0.2) is 9.69 Å². The Bertz CT molecular complexity index is 1040. The van der Waals surface area contributed by atoms with E-state index < -0.39 is 5.97 Å². The van der Waals surface area contributed by atoms with Gasteiger partial charge in [0, 0.05) is 0 Å². The molecule has 7 rings (SSSR count). The van der Waals surface area contributed by atoms with E-state index in [1.165, 1.54) is 4.90 Å². The first-order valence-corrected chi connectivity index (χ1v) is 10.1. The molecule has 4 aliphatic carbocycles. The van der Waals surface area contributed by atoms with Crippen LogP contribution in [0.2, 0.25) is 0 Å². The Morgan fingerprint density at radius 2 is 1.52 bits per heavy atom. The van der Waals surface area contributed by atoms with Crippen LogP contribution in [0.25, 0.3) is 0 Å². The fraction of sp³-hybridized carbons (Fsp3) is 0.292. The number of allylic oxidation sites excluding steroid dienone is 2. The summed E-state index contributed by atoms with van der Waals surface area (Å²) in [5.74, 6) is 0.677. The summed E-state index contributed by atoms with van der Waals surface area (Å²) in [5.41, 5.74) is 0.760. The molecule has 5 aliphatic rings. The molecule has 1 saturated heterocycles. The molecule has 2 aromatic rings. The zero-order valence-electron chi connectivity index (χ0n) is 15.6. The van der Waals surface area contributed by atoms with Crippen molar-refractivity contribution in [3.05, 3.63) is 72.3 Å². The van der Waals surface area contributed by atoms with Crippen LogP contribution in [0.4, 0.5) is 5.69 Å². The number of anilines is 1. The number of imide groups is 1. The molecule has 0 radical (unpaired) electrons. The number of ether oxygens (including phenoxy) is 1. The van der Waals surface area contributed by atoms with Crippen LogP contribution in [-0.4, -0.2) is 17.8 Å². The van der Waals surface area contributed by atoms with Crippen LogP contribution in [0.5, 0.6) is 5.75 Å². The van der Waals surface area contributed by atoms with Gasteiger partial charge in [0.15, 0.2) is 0 Å². The predicted molar refractivity (Wildman–Crippen MR) is 105 cm³/mol. The molecule has 5 nitrogen and oxygen atoms in total. The largest absolute Gasteiger partial charge is 0.423 e. The Labute approximate surface area is 168 Å². The van der Waals surface area contributed by atoms with E-state index in [1.807, 2.05) is 6.07 Å². The summed E-state index contributed by atoms with van der Waals surface area (Å²) < 4.78 is 5.39. The van der Waals surface area contributed by atoms with Crippen molar-refractivity contribution < 1.29 is 19.1 Å². The molecule has 2 saturated carbocycles. The molecule has 2 amide bonds. The lowest BCUT2D eigenvalue weighted by atomic mass is 9.63. The first-order valence-electron chi connectivity index (χ1n) is 10.1. The van der Waals surface area contributed by atoms with Crippen LogP contribution < -0.4 is 9.64 Å². The molecule has 0 aromatic heterocycles. The molecule has 3 fully saturated rings. The van der Waals surface area contributed by atoms with Gasteiger partial charge < -0.3 is 4.74 Å². The minimum Gasteiger partial charge on any atom is -0.423 e. The maximum Gasteiger partial charge on any atom is 0.343 e. The Kier molecular flexibility index (Phi) is 3.40. The van der Waals surface area contributed by atoms with Gasteiger partial charge in [-0.15, -0.1) is 0 Å². The third-order valence-electron chi connectivity index (χ3n) is 6.96. The summed E-state index contributed by atoms with van der Waals surface area (Å²) in [5, 5.41) is 0. The molecule has 2 aromatic carbocycles. The van der Waals surface area contributed by atoms with Gasteiger partial charge in [-0.05, 0) is 60.4 Å². The fourth-order valence-electron chi connectivity index (χ4n) is 5.64. The van der Waals surface area contributed by atoms with E-state index in [0.29, 0.717) is 28.8 Å². The number of nitrogens with zero attached hydrogens (tertiary/aromatic N) is 1. The lowest BCUT2D eigenvalue weighted by molar-refractivity contribution is -0.124. The van der Waals surface area contributed by atoms with Crippen molar-refractivity contribution in [2.75, 3.05) is 4.90 Å². The van der Waals surface area contributed by atoms with Gasteiger partial charge in [-0.1, -0.05) is 36.4 Å². The van der Waals surface area contributed by atoms with E-state index >= 15 is 0 Å². The van der Waals surface area contributed by atoms with Crippen molar-refractivity contribution in [1.82, 2.24) is 0 Å². The molecular formula is C24H19NO4. The third-order valence-corrected chi connectivity index (χ3v) is 6.96. The average Bonchev–Trinajstić information content (AvgIpc) is 3.52. The lowest BCUT2D eigenvalue weighted by Crippen LogP contribution is -2.40. The van der Waals surface area contributed by atoms with Crippen LogP contribution in [0.1, 0.15) is 16.8 Å². The topological polar surface area (TPSA) is 63.7 Å². The highest BCUT2D eigenvalue weighted by atomic mass is 16.5. The minimum absolute atomic E-state index is 0.127. The lowest BCUT2D eigenvalue weighted by Gasteiger charge is -2.37. The summed E-state index contributed by atoms with van der Waals surface area (Å²) in [6, 6.07) is 15.4. The second-order valence-electron chi connectivity index (χ2n) is 8.42. The molecule has 0 unspecified atom stereocenters. The standard InChI is InChI=1S/C24H19NO4/c26-22-20-16-9-10-17(19-12-18(16)19)21(20)23(27)25(22)14-6-4-5-13(11-14)24(28)29-15-7-2-1-3-8-15/h1-11,16-21H,12H2/t16-,17-,18-,19-,20+,21+/m0/s1. The zero-order chi connectivity index (χ0) is 19.7. The van der Waals surface area contributed by atoms with Gasteiger partial charge in [-0.3, -0.25) is 9.59 Å². The number of esters is 1. The third kappa shape index (κ3) is 2.36. The molecule has 0 N–H and O–H groups in total. The van der Waals surface area contributed by atoms with E-state index in [9.17, 15) is 14.4 Å². The number of hydrogen-bond acceptors (Lipinski definition) is 4. The molecular weight excluding hydrogens is 366 g/mol. The normalized spacial score (nSPS) is 33.4. The maximum atomic E-state index is 13.2. The van der Waals surface area contributed by atoms with Crippen molar-refractivity contribution in [2.45, 2.75) is 6.42 Å². The summed E-state index contributed by atoms with van der Waals surface area (Å²) in [6.45, 7) is 0. The summed E-state index contributed by atoms with van der Waals surface area (Å²) >= 11 is 0. The smallest absolute Gasteiger partial charge is 0.343 e. The van der Waals surface area contributed by atoms with Crippen molar-refractivity contribution in [1.29, 1.82) is 0 Å². The number of rotatable bonds is 3. The van der Waals surface area contributed by atoms with Crippen molar-refractivity contribution in [2.24, 2.45) is 35.5 Å². The Balaban J connectivity index is 1.30. The van der Waals surface area contributed by atoms with E-state index in [1.54, 1.807) is 48.5 Å². The van der Waals surface area contributed by atoms with Crippen LogP contribution >= 0.6 is 0 Å². The maximum absolute atomic E-state index is 13.2. The van der Waals surface area contributed by atoms with Gasteiger partial charge in [0.25, 0.3) is 0 Å². The number of para-hydroxylation sites is 1. The van der Waals surface area contributed by atoms with Crippen molar-refractivity contribution in [3.8, 4) is 5.75 Å². The highest BCUT2D eigenvalue weighted by molar-refractivity contribution is 6.23. The number of benzene rings is 2. The summed E-state index contributed by atoms with van der Waals surface area (Å²) in [7, 11) is 0. The van der Waals surface area contributed by atoms with Gasteiger partial charge in [-0.2, -0.15) is 0 Å². The number of amides is 2. The predicted octanol–water partition coefficient (Wildman–Crippen LogP) is 3.46. The zero-order valence-corrected chi connectivity index (χ0v) is 15.6. The molecule has 29 heavy (non-hydrogen) atoms. The second kappa shape index (κ2) is 5.89. The Morgan fingerprint density at radius 3 is 2.17 bits per heavy atom. The first-order chi connectivity index (χ1) is 14.1. The fourth-order valence-corrected chi connectivity index (χ4v) is 5.64. The molecule has 2 bridgehead atoms. The highest BCUT2D eigenvalue weighted by Gasteiger charge is 2.67. The number of hydrogen-bond donors (Lipinski definition) is 0.